The molecule has 0 spiro atoms. The van der Waals surface area contributed by atoms with Gasteiger partial charge in [-0.15, -0.1) is 0 Å². The van der Waals surface area contributed by atoms with Gasteiger partial charge in [-0.2, -0.15) is 0 Å². The van der Waals surface area contributed by atoms with Gasteiger partial charge in [-0.1, -0.05) is 6.07 Å². The van der Waals surface area contributed by atoms with E-state index in [0.717, 1.165) is 23.1 Å². The topological polar surface area (TPSA) is 32.3 Å². The van der Waals surface area contributed by atoms with Crippen LogP contribution in [0.25, 0.3) is 11.1 Å². The van der Waals surface area contributed by atoms with Crippen LogP contribution in [0.5, 0.6) is 0 Å². The number of anilines is 2. The fourth-order valence-corrected chi connectivity index (χ4v) is 3.10. The molecule has 0 amide bonds. The maximum Gasteiger partial charge on any atom is 0.153 e. The average molecular weight is 338 g/mol. The second-order valence-electron chi connectivity index (χ2n) is 6.12. The van der Waals surface area contributed by atoms with Crippen LogP contribution in [0.3, 0.4) is 0 Å². The molecule has 0 atom stereocenters. The first-order valence-corrected chi connectivity index (χ1v) is 7.91. The number of hydrogen-bond donors (Lipinski definition) is 0. The molecule has 2 aromatic heterocycles. The molecule has 1 aliphatic heterocycles. The first-order chi connectivity index (χ1) is 12.1. The number of benzene rings is 1. The van der Waals surface area contributed by atoms with Gasteiger partial charge in [0.25, 0.3) is 0 Å². The van der Waals surface area contributed by atoms with Crippen molar-refractivity contribution in [1.29, 1.82) is 0 Å². The lowest BCUT2D eigenvalue weighted by molar-refractivity contribution is 0.584. The zero-order chi connectivity index (χ0) is 17.4. The Morgan fingerprint density at radius 3 is 2.56 bits per heavy atom. The molecule has 6 heteroatoms. The Hall–Kier alpha value is -3.02. The molecule has 4 nitrogen and oxygen atoms in total. The van der Waals surface area contributed by atoms with Crippen LogP contribution in [0.15, 0.2) is 55.0 Å². The summed E-state index contributed by atoms with van der Waals surface area (Å²) in [6.07, 6.45) is 5.22. The second kappa shape index (κ2) is 6.12. The van der Waals surface area contributed by atoms with Gasteiger partial charge in [0.15, 0.2) is 5.82 Å². The molecule has 0 unspecified atom stereocenters. The maximum absolute atomic E-state index is 13.5. The number of rotatable bonds is 3. The Morgan fingerprint density at radius 2 is 1.84 bits per heavy atom. The number of fused-ring (bicyclic) bond motifs is 1. The fraction of sp³-hybridized carbons (Fsp3) is 0.158. The van der Waals surface area contributed by atoms with Gasteiger partial charge >= 0.3 is 0 Å². The van der Waals surface area contributed by atoms with Gasteiger partial charge in [-0.05, 0) is 35.4 Å². The highest BCUT2D eigenvalue weighted by molar-refractivity contribution is 5.78. The van der Waals surface area contributed by atoms with Crippen molar-refractivity contribution in [3.05, 3.63) is 72.2 Å². The lowest BCUT2D eigenvalue weighted by Gasteiger charge is -2.19. The standard InChI is InChI=1S/C19H16F2N4/c1-24-12-25(11-13-3-2-4-22-9-13)18-7-15(10-23-19(18)24)14-5-16(20)8-17(21)6-14/h2-10H,11-12H2,1H3. The molecule has 126 valence electrons. The molecule has 1 aliphatic rings. The highest BCUT2D eigenvalue weighted by Gasteiger charge is 2.25. The molecule has 0 saturated heterocycles. The van der Waals surface area contributed by atoms with Crippen LogP contribution in [0.2, 0.25) is 0 Å². The van der Waals surface area contributed by atoms with E-state index in [2.05, 4.69) is 14.9 Å². The maximum atomic E-state index is 13.5. The van der Waals surface area contributed by atoms with Crippen LogP contribution < -0.4 is 9.80 Å². The van der Waals surface area contributed by atoms with E-state index in [1.54, 1.807) is 12.4 Å². The van der Waals surface area contributed by atoms with E-state index in [0.29, 0.717) is 24.3 Å². The quantitative estimate of drug-likeness (QED) is 0.726. The zero-order valence-corrected chi connectivity index (χ0v) is 13.7. The first-order valence-electron chi connectivity index (χ1n) is 7.91. The molecule has 0 radical (unpaired) electrons. The average Bonchev–Trinajstić information content (AvgIpc) is 2.90. The number of halogens is 2. The third kappa shape index (κ3) is 3.03. The molecule has 25 heavy (non-hydrogen) atoms. The first kappa shape index (κ1) is 15.5. The van der Waals surface area contributed by atoms with E-state index in [-0.39, 0.29) is 0 Å². The summed E-state index contributed by atoms with van der Waals surface area (Å²) in [6, 6.07) is 9.35. The van der Waals surface area contributed by atoms with E-state index in [1.165, 1.54) is 12.1 Å². The molecule has 0 fully saturated rings. The van der Waals surface area contributed by atoms with Crippen molar-refractivity contribution in [3.8, 4) is 11.1 Å². The number of aromatic nitrogens is 2. The fourth-order valence-electron chi connectivity index (χ4n) is 3.10. The summed E-state index contributed by atoms with van der Waals surface area (Å²) in [6.45, 7) is 1.38. The van der Waals surface area contributed by atoms with Gasteiger partial charge in [-0.3, -0.25) is 4.98 Å². The van der Waals surface area contributed by atoms with Crippen molar-refractivity contribution < 1.29 is 8.78 Å². The second-order valence-corrected chi connectivity index (χ2v) is 6.12. The van der Waals surface area contributed by atoms with Gasteiger partial charge in [0.2, 0.25) is 0 Å². The van der Waals surface area contributed by atoms with E-state index < -0.39 is 11.6 Å². The normalized spacial score (nSPS) is 13.2. The molecule has 0 bridgehead atoms. The summed E-state index contributed by atoms with van der Waals surface area (Å²) in [7, 11) is 1.97. The number of pyridine rings is 2. The van der Waals surface area contributed by atoms with E-state index in [1.807, 2.05) is 36.3 Å². The van der Waals surface area contributed by atoms with Crippen molar-refractivity contribution in [2.75, 3.05) is 23.5 Å². The minimum Gasteiger partial charge on any atom is -0.346 e. The smallest absolute Gasteiger partial charge is 0.153 e. The third-order valence-corrected chi connectivity index (χ3v) is 4.22. The van der Waals surface area contributed by atoms with Crippen molar-refractivity contribution in [3.63, 3.8) is 0 Å². The zero-order valence-electron chi connectivity index (χ0n) is 13.7. The lowest BCUT2D eigenvalue weighted by Crippen LogP contribution is -2.27. The van der Waals surface area contributed by atoms with Gasteiger partial charge in [0.1, 0.15) is 11.6 Å². The van der Waals surface area contributed by atoms with Gasteiger partial charge in [0, 0.05) is 43.8 Å². The van der Waals surface area contributed by atoms with Crippen molar-refractivity contribution in [2.24, 2.45) is 0 Å². The van der Waals surface area contributed by atoms with Crippen LogP contribution in [0.4, 0.5) is 20.3 Å². The van der Waals surface area contributed by atoms with E-state index in [4.69, 9.17) is 0 Å². The minimum absolute atomic E-state index is 0.476. The van der Waals surface area contributed by atoms with Crippen molar-refractivity contribution in [2.45, 2.75) is 6.54 Å². The van der Waals surface area contributed by atoms with Gasteiger partial charge in [-0.25, -0.2) is 13.8 Å². The predicted molar refractivity (Wildman–Crippen MR) is 93.3 cm³/mol. The van der Waals surface area contributed by atoms with Crippen LogP contribution in [-0.2, 0) is 6.54 Å². The molecule has 3 aromatic rings. The van der Waals surface area contributed by atoms with Crippen molar-refractivity contribution in [1.82, 2.24) is 9.97 Å². The Labute approximate surface area is 144 Å². The Balaban J connectivity index is 1.71. The molecule has 4 rings (SSSR count). The summed E-state index contributed by atoms with van der Waals surface area (Å²) in [5, 5.41) is 0. The highest BCUT2D eigenvalue weighted by Crippen LogP contribution is 2.37. The van der Waals surface area contributed by atoms with Crippen molar-refractivity contribution >= 4 is 11.5 Å². The summed E-state index contributed by atoms with van der Waals surface area (Å²) in [4.78, 5) is 12.8. The largest absolute Gasteiger partial charge is 0.346 e. The Morgan fingerprint density at radius 1 is 1.04 bits per heavy atom. The molecule has 3 heterocycles. The summed E-state index contributed by atoms with van der Waals surface area (Å²) >= 11 is 0. The molecular formula is C19H16F2N4. The third-order valence-electron chi connectivity index (χ3n) is 4.22. The monoisotopic (exact) mass is 338 g/mol. The Kier molecular flexibility index (Phi) is 3.80. The predicted octanol–water partition coefficient (Wildman–Crippen LogP) is 3.84. The molecule has 1 aromatic carbocycles. The Bertz CT molecular complexity index is 894. The molecule has 0 aliphatic carbocycles. The van der Waals surface area contributed by atoms with Gasteiger partial charge in [0.05, 0.1) is 12.4 Å². The van der Waals surface area contributed by atoms with Crippen LogP contribution >= 0.6 is 0 Å². The van der Waals surface area contributed by atoms with Gasteiger partial charge < -0.3 is 9.80 Å². The summed E-state index contributed by atoms with van der Waals surface area (Å²) in [5.74, 6) is -0.343. The number of hydrogen-bond acceptors (Lipinski definition) is 4. The van der Waals surface area contributed by atoms with Crippen LogP contribution in [0.1, 0.15) is 5.56 Å². The number of nitrogens with zero attached hydrogens (tertiary/aromatic N) is 4. The highest BCUT2D eigenvalue weighted by atomic mass is 19.1. The molecule has 0 N–H and O–H groups in total. The molecule has 0 saturated carbocycles. The summed E-state index contributed by atoms with van der Waals surface area (Å²) < 4.78 is 27.1. The van der Waals surface area contributed by atoms with E-state index in [9.17, 15) is 8.78 Å². The molecular weight excluding hydrogens is 322 g/mol. The summed E-state index contributed by atoms with van der Waals surface area (Å²) in [5.41, 5.74) is 3.19. The van der Waals surface area contributed by atoms with Crippen LogP contribution in [-0.4, -0.2) is 23.7 Å². The minimum atomic E-state index is -0.597. The lowest BCUT2D eigenvalue weighted by atomic mass is 10.1. The SMILES string of the molecule is CN1CN(Cc2cccnc2)c2cc(-c3cc(F)cc(F)c3)cnc21. The van der Waals surface area contributed by atoms with Crippen LogP contribution in [0, 0.1) is 11.6 Å². The van der Waals surface area contributed by atoms with E-state index >= 15 is 0 Å².